The quantitative estimate of drug-likeness (QED) is 0.836. The van der Waals surface area contributed by atoms with Crippen LogP contribution in [0.5, 0.6) is 0 Å². The molecule has 1 saturated carbocycles. The molecule has 1 atom stereocenters. The molecule has 1 fully saturated rings. The fourth-order valence-corrected chi connectivity index (χ4v) is 2.42. The number of aromatic nitrogens is 2. The molecule has 0 bridgehead atoms. The molecule has 1 N–H and O–H groups in total. The average molecular weight is 215 g/mol. The van der Waals surface area contributed by atoms with Crippen molar-refractivity contribution in [2.24, 2.45) is 0 Å². The maximum Gasteiger partial charge on any atom is 0.150 e. The van der Waals surface area contributed by atoms with E-state index >= 15 is 0 Å². The highest BCUT2D eigenvalue weighted by molar-refractivity contribution is 6.30. The van der Waals surface area contributed by atoms with Crippen molar-refractivity contribution in [3.8, 4) is 0 Å². The summed E-state index contributed by atoms with van der Waals surface area (Å²) in [5.74, 6) is 0. The maximum absolute atomic E-state index is 9.76. The molecule has 78 valence electrons. The van der Waals surface area contributed by atoms with Crippen LogP contribution in [0, 0.1) is 0 Å². The van der Waals surface area contributed by atoms with Crippen LogP contribution in [0.1, 0.15) is 32.4 Å². The van der Waals surface area contributed by atoms with Crippen molar-refractivity contribution in [3.63, 3.8) is 0 Å². The molecule has 1 aromatic rings. The zero-order chi connectivity index (χ0) is 10.3. The zero-order valence-electron chi connectivity index (χ0n) is 8.50. The number of aryl methyl sites for hydroxylation is 1. The molecule has 2 rings (SSSR count). The Balaban J connectivity index is 2.44. The summed E-state index contributed by atoms with van der Waals surface area (Å²) in [6.07, 6.45) is 3.42. The molecule has 0 saturated heterocycles. The number of halogens is 1. The lowest BCUT2D eigenvalue weighted by atomic mass is 9.96. The van der Waals surface area contributed by atoms with Crippen molar-refractivity contribution >= 4 is 11.6 Å². The van der Waals surface area contributed by atoms with E-state index in [1.807, 2.05) is 11.5 Å². The van der Waals surface area contributed by atoms with Gasteiger partial charge in [-0.3, -0.25) is 0 Å². The Morgan fingerprint density at radius 1 is 1.71 bits per heavy atom. The second-order valence-corrected chi connectivity index (χ2v) is 4.36. The number of hydrogen-bond donors (Lipinski definition) is 1. The van der Waals surface area contributed by atoms with Crippen LogP contribution in [0.2, 0.25) is 5.15 Å². The Morgan fingerprint density at radius 3 is 2.79 bits per heavy atom. The molecule has 0 aromatic carbocycles. The van der Waals surface area contributed by atoms with Gasteiger partial charge in [0.25, 0.3) is 0 Å². The summed E-state index contributed by atoms with van der Waals surface area (Å²) in [4.78, 5) is 4.09. The summed E-state index contributed by atoms with van der Waals surface area (Å²) in [6, 6.07) is 0. The second-order valence-electron chi connectivity index (χ2n) is 4.00. The molecular formula is C10H15ClN2O. The first-order valence-electron chi connectivity index (χ1n) is 5.01. The molecule has 1 aliphatic rings. The van der Waals surface area contributed by atoms with E-state index in [0.29, 0.717) is 5.15 Å². The topological polar surface area (TPSA) is 38.0 Å². The predicted molar refractivity (Wildman–Crippen MR) is 55.5 cm³/mol. The van der Waals surface area contributed by atoms with Crippen molar-refractivity contribution in [1.82, 2.24) is 9.55 Å². The number of aliphatic hydroxyl groups excluding tert-OH is 1. The SMILES string of the molecule is CCn1cnc(Cl)c1C1(C(C)O)CC1. The van der Waals surface area contributed by atoms with Crippen LogP contribution in [0.3, 0.4) is 0 Å². The van der Waals surface area contributed by atoms with Crippen molar-refractivity contribution < 1.29 is 5.11 Å². The fourth-order valence-electron chi connectivity index (χ4n) is 2.08. The van der Waals surface area contributed by atoms with Gasteiger partial charge in [-0.15, -0.1) is 0 Å². The molecule has 0 aliphatic heterocycles. The lowest BCUT2D eigenvalue weighted by Crippen LogP contribution is -2.25. The molecule has 0 spiro atoms. The summed E-state index contributed by atoms with van der Waals surface area (Å²) in [5, 5.41) is 10.3. The molecule has 0 radical (unpaired) electrons. The van der Waals surface area contributed by atoms with Crippen molar-refractivity contribution in [2.75, 3.05) is 0 Å². The molecule has 0 amide bonds. The van der Waals surface area contributed by atoms with Crippen molar-refractivity contribution in [2.45, 2.75) is 44.8 Å². The van der Waals surface area contributed by atoms with Crippen LogP contribution in [0.25, 0.3) is 0 Å². The van der Waals surface area contributed by atoms with E-state index in [2.05, 4.69) is 11.9 Å². The Bertz CT molecular complexity index is 342. The van der Waals surface area contributed by atoms with E-state index in [0.717, 1.165) is 25.1 Å². The van der Waals surface area contributed by atoms with Gasteiger partial charge in [-0.05, 0) is 26.7 Å². The minimum Gasteiger partial charge on any atom is -0.392 e. The number of aliphatic hydroxyl groups is 1. The second kappa shape index (κ2) is 3.24. The van der Waals surface area contributed by atoms with Crippen LogP contribution < -0.4 is 0 Å². The maximum atomic E-state index is 9.76. The molecule has 3 nitrogen and oxygen atoms in total. The first-order valence-corrected chi connectivity index (χ1v) is 5.39. The number of nitrogens with zero attached hydrogens (tertiary/aromatic N) is 2. The van der Waals surface area contributed by atoms with Gasteiger partial charge in [-0.25, -0.2) is 4.98 Å². The van der Waals surface area contributed by atoms with Gasteiger partial charge in [0.05, 0.1) is 18.1 Å². The Labute approximate surface area is 88.7 Å². The smallest absolute Gasteiger partial charge is 0.150 e. The summed E-state index contributed by atoms with van der Waals surface area (Å²) in [6.45, 7) is 4.74. The zero-order valence-corrected chi connectivity index (χ0v) is 9.25. The van der Waals surface area contributed by atoms with Crippen molar-refractivity contribution in [1.29, 1.82) is 0 Å². The molecule has 4 heteroatoms. The van der Waals surface area contributed by atoms with Gasteiger partial charge in [0.1, 0.15) is 0 Å². The highest BCUT2D eigenvalue weighted by Crippen LogP contribution is 2.52. The highest BCUT2D eigenvalue weighted by atomic mass is 35.5. The van der Waals surface area contributed by atoms with Crippen LogP contribution >= 0.6 is 11.6 Å². The van der Waals surface area contributed by atoms with E-state index in [1.54, 1.807) is 6.33 Å². The first kappa shape index (κ1) is 9.99. The number of hydrogen-bond acceptors (Lipinski definition) is 2. The minimum absolute atomic E-state index is 0.121. The van der Waals surface area contributed by atoms with Gasteiger partial charge in [-0.2, -0.15) is 0 Å². The van der Waals surface area contributed by atoms with Crippen LogP contribution in [0.4, 0.5) is 0 Å². The van der Waals surface area contributed by atoms with E-state index in [1.165, 1.54) is 0 Å². The highest BCUT2D eigenvalue weighted by Gasteiger charge is 2.51. The van der Waals surface area contributed by atoms with E-state index in [9.17, 15) is 5.11 Å². The standard InChI is InChI=1S/C10H15ClN2O/c1-3-13-6-12-9(11)8(13)10(4-5-10)7(2)14/h6-7,14H,3-5H2,1-2H3. The summed E-state index contributed by atoms with van der Waals surface area (Å²) in [7, 11) is 0. The normalized spacial score (nSPS) is 20.9. The molecule has 14 heavy (non-hydrogen) atoms. The number of imidazole rings is 1. The molecule has 1 aliphatic carbocycles. The van der Waals surface area contributed by atoms with E-state index < -0.39 is 0 Å². The van der Waals surface area contributed by atoms with Gasteiger partial charge >= 0.3 is 0 Å². The van der Waals surface area contributed by atoms with Crippen LogP contribution in [-0.2, 0) is 12.0 Å². The van der Waals surface area contributed by atoms with E-state index in [-0.39, 0.29) is 11.5 Å². The minimum atomic E-state index is -0.345. The van der Waals surface area contributed by atoms with Gasteiger partial charge in [0.15, 0.2) is 5.15 Å². The summed E-state index contributed by atoms with van der Waals surface area (Å²) < 4.78 is 2.03. The molecular weight excluding hydrogens is 200 g/mol. The fraction of sp³-hybridized carbons (Fsp3) is 0.700. The lowest BCUT2D eigenvalue weighted by molar-refractivity contribution is 0.147. The van der Waals surface area contributed by atoms with Gasteiger partial charge in [0, 0.05) is 12.0 Å². The van der Waals surface area contributed by atoms with Gasteiger partial charge < -0.3 is 9.67 Å². The summed E-state index contributed by atoms with van der Waals surface area (Å²) in [5.41, 5.74) is 0.889. The predicted octanol–water partition coefficient (Wildman–Crippen LogP) is 1.97. The number of rotatable bonds is 3. The van der Waals surface area contributed by atoms with E-state index in [4.69, 9.17) is 11.6 Å². The third-order valence-corrected chi connectivity index (χ3v) is 3.47. The Morgan fingerprint density at radius 2 is 2.36 bits per heavy atom. The third-order valence-electron chi connectivity index (χ3n) is 3.19. The van der Waals surface area contributed by atoms with Crippen LogP contribution in [-0.4, -0.2) is 20.8 Å². The van der Waals surface area contributed by atoms with Crippen molar-refractivity contribution in [3.05, 3.63) is 17.2 Å². The van der Waals surface area contributed by atoms with Gasteiger partial charge in [0.2, 0.25) is 0 Å². The van der Waals surface area contributed by atoms with Crippen LogP contribution in [0.15, 0.2) is 6.33 Å². The Hall–Kier alpha value is -0.540. The molecule has 1 aromatic heterocycles. The molecule has 1 unspecified atom stereocenters. The Kier molecular flexibility index (Phi) is 2.32. The third kappa shape index (κ3) is 1.27. The largest absolute Gasteiger partial charge is 0.392 e. The monoisotopic (exact) mass is 214 g/mol. The first-order chi connectivity index (χ1) is 6.62. The average Bonchev–Trinajstić information content (AvgIpc) is 2.86. The lowest BCUT2D eigenvalue weighted by Gasteiger charge is -2.20. The van der Waals surface area contributed by atoms with Gasteiger partial charge in [-0.1, -0.05) is 11.6 Å². The summed E-state index contributed by atoms with van der Waals surface area (Å²) >= 11 is 6.05. The molecule has 1 heterocycles.